The molecule has 0 bridgehead atoms. The van der Waals surface area contributed by atoms with Crippen LogP contribution in [-0.2, 0) is 0 Å². The van der Waals surface area contributed by atoms with E-state index in [2.05, 4.69) is 314 Å². The predicted molar refractivity (Wildman–Crippen MR) is 354 cm³/mol. The SMILES string of the molecule is CC.Cc1ccc2c(c1)c1ccccc1n2-c1ccc(-c2c3ccccc3c(-c3ccccc3)c3ccccc23)cc1.Cc1ccc2c(c1)c1ccccc1n2-c1ccc(-c2c3ccccc3c(-c3ccccc3)c3ccccc23)cc1. The number of aromatic nitrogens is 2. The van der Waals surface area contributed by atoms with Gasteiger partial charge in [-0.3, -0.25) is 0 Å². The van der Waals surface area contributed by atoms with Crippen LogP contribution in [0.1, 0.15) is 25.0 Å². The third-order valence-electron chi connectivity index (χ3n) is 16.5. The molecule has 82 heavy (non-hydrogen) atoms. The van der Waals surface area contributed by atoms with Crippen molar-refractivity contribution in [2.24, 2.45) is 0 Å². The fourth-order valence-corrected chi connectivity index (χ4v) is 13.0. The Morgan fingerprint density at radius 3 is 0.720 bits per heavy atom. The second kappa shape index (κ2) is 21.1. The third kappa shape index (κ3) is 8.42. The molecule has 0 unspecified atom stereocenters. The summed E-state index contributed by atoms with van der Waals surface area (Å²) in [6.07, 6.45) is 0. The minimum Gasteiger partial charge on any atom is -0.309 e. The lowest BCUT2D eigenvalue weighted by molar-refractivity contribution is 1.18. The molecular weight excluding hydrogens is 989 g/mol. The Hall–Kier alpha value is -10.3. The Morgan fingerprint density at radius 1 is 0.195 bits per heavy atom. The van der Waals surface area contributed by atoms with Crippen molar-refractivity contribution in [3.8, 4) is 55.9 Å². The molecule has 0 saturated heterocycles. The number of para-hydroxylation sites is 2. The van der Waals surface area contributed by atoms with E-state index >= 15 is 0 Å². The van der Waals surface area contributed by atoms with Crippen LogP contribution in [0.15, 0.2) is 291 Å². The summed E-state index contributed by atoms with van der Waals surface area (Å²) in [6, 6.07) is 106. The molecule has 0 spiro atoms. The van der Waals surface area contributed by atoms with E-state index < -0.39 is 0 Å². The summed E-state index contributed by atoms with van der Waals surface area (Å²) in [7, 11) is 0. The number of benzene rings is 14. The number of hydrogen-bond donors (Lipinski definition) is 0. The fraction of sp³-hybridized carbons (Fsp3) is 0.0500. The number of rotatable bonds is 6. The molecule has 2 aromatic heterocycles. The van der Waals surface area contributed by atoms with E-state index in [4.69, 9.17) is 0 Å². The second-order valence-electron chi connectivity index (χ2n) is 21.3. The van der Waals surface area contributed by atoms with Gasteiger partial charge in [-0.2, -0.15) is 0 Å². The molecule has 16 aromatic rings. The normalized spacial score (nSPS) is 11.4. The molecular formula is C80H60N2. The van der Waals surface area contributed by atoms with Crippen molar-refractivity contribution in [1.82, 2.24) is 9.13 Å². The summed E-state index contributed by atoms with van der Waals surface area (Å²) in [5, 5.41) is 15.4. The van der Waals surface area contributed by atoms with E-state index in [-0.39, 0.29) is 0 Å². The zero-order valence-corrected chi connectivity index (χ0v) is 46.6. The Labute approximate surface area is 479 Å². The van der Waals surface area contributed by atoms with Gasteiger partial charge in [0.15, 0.2) is 0 Å². The summed E-state index contributed by atoms with van der Waals surface area (Å²) in [4.78, 5) is 0. The van der Waals surface area contributed by atoms with Gasteiger partial charge in [-0.1, -0.05) is 255 Å². The Balaban J connectivity index is 0.000000143. The molecule has 0 radical (unpaired) electrons. The number of aryl methyl sites for hydroxylation is 2. The van der Waals surface area contributed by atoms with Crippen molar-refractivity contribution in [2.45, 2.75) is 27.7 Å². The molecule has 2 nitrogen and oxygen atoms in total. The maximum Gasteiger partial charge on any atom is 0.0541 e. The highest BCUT2D eigenvalue weighted by molar-refractivity contribution is 6.23. The van der Waals surface area contributed by atoms with E-state index in [9.17, 15) is 0 Å². The van der Waals surface area contributed by atoms with Gasteiger partial charge in [-0.15, -0.1) is 0 Å². The first-order valence-electron chi connectivity index (χ1n) is 28.7. The van der Waals surface area contributed by atoms with Crippen molar-refractivity contribution < 1.29 is 0 Å². The third-order valence-corrected chi connectivity index (χ3v) is 16.5. The minimum absolute atomic E-state index is 1.17. The van der Waals surface area contributed by atoms with Crippen LogP contribution in [0.2, 0.25) is 0 Å². The largest absolute Gasteiger partial charge is 0.309 e. The first-order chi connectivity index (χ1) is 40.6. The van der Waals surface area contributed by atoms with Gasteiger partial charge in [-0.25, -0.2) is 0 Å². The van der Waals surface area contributed by atoms with Crippen molar-refractivity contribution in [3.63, 3.8) is 0 Å². The first-order valence-corrected chi connectivity index (χ1v) is 28.7. The lowest BCUT2D eigenvalue weighted by Gasteiger charge is -2.18. The van der Waals surface area contributed by atoms with Crippen molar-refractivity contribution in [3.05, 3.63) is 302 Å². The van der Waals surface area contributed by atoms with Gasteiger partial charge >= 0.3 is 0 Å². The molecule has 0 fully saturated rings. The van der Waals surface area contributed by atoms with Gasteiger partial charge in [0, 0.05) is 32.9 Å². The molecule has 2 heteroatoms. The van der Waals surface area contributed by atoms with Crippen LogP contribution in [0.3, 0.4) is 0 Å². The Kier molecular flexibility index (Phi) is 12.8. The van der Waals surface area contributed by atoms with Crippen LogP contribution >= 0.6 is 0 Å². The van der Waals surface area contributed by atoms with Crippen LogP contribution < -0.4 is 0 Å². The Bertz CT molecular complexity index is 4610. The molecule has 14 aromatic carbocycles. The van der Waals surface area contributed by atoms with Gasteiger partial charge in [0.1, 0.15) is 0 Å². The zero-order valence-electron chi connectivity index (χ0n) is 46.6. The predicted octanol–water partition coefficient (Wildman–Crippen LogP) is 22.5. The zero-order chi connectivity index (χ0) is 55.3. The van der Waals surface area contributed by atoms with E-state index in [0.29, 0.717) is 0 Å². The van der Waals surface area contributed by atoms with E-state index in [1.54, 1.807) is 0 Å². The molecule has 0 aliphatic rings. The average molecular weight is 1050 g/mol. The number of nitrogens with zero attached hydrogens (tertiary/aromatic N) is 2. The van der Waals surface area contributed by atoms with E-state index in [0.717, 1.165) is 0 Å². The second-order valence-corrected chi connectivity index (χ2v) is 21.3. The van der Waals surface area contributed by atoms with Crippen LogP contribution in [0.25, 0.3) is 143 Å². The van der Waals surface area contributed by atoms with Crippen LogP contribution in [0, 0.1) is 13.8 Å². The van der Waals surface area contributed by atoms with Crippen molar-refractivity contribution in [1.29, 1.82) is 0 Å². The molecule has 0 atom stereocenters. The number of fused-ring (bicyclic) bond motifs is 10. The lowest BCUT2D eigenvalue weighted by Crippen LogP contribution is -1.94. The van der Waals surface area contributed by atoms with Gasteiger partial charge in [0.05, 0.1) is 22.1 Å². The summed E-state index contributed by atoms with van der Waals surface area (Å²) in [6.45, 7) is 8.33. The highest BCUT2D eigenvalue weighted by Gasteiger charge is 2.20. The highest BCUT2D eigenvalue weighted by atomic mass is 15.0. The number of hydrogen-bond acceptors (Lipinski definition) is 0. The summed E-state index contributed by atoms with van der Waals surface area (Å²) >= 11 is 0. The van der Waals surface area contributed by atoms with Crippen LogP contribution in [-0.4, -0.2) is 9.13 Å². The van der Waals surface area contributed by atoms with Crippen molar-refractivity contribution >= 4 is 86.7 Å². The highest BCUT2D eigenvalue weighted by Crippen LogP contribution is 2.46. The molecule has 2 heterocycles. The lowest BCUT2D eigenvalue weighted by atomic mass is 9.86. The van der Waals surface area contributed by atoms with Gasteiger partial charge < -0.3 is 9.13 Å². The monoisotopic (exact) mass is 1050 g/mol. The standard InChI is InChI=1S/2C39H27N.C2H6/c2*1-26-19-24-37-35(25-26)30-13-9-10-18-36(30)40(37)29-22-20-28(21-23-29)39-33-16-7-5-14-31(33)38(27-11-3-2-4-12-27)32-15-6-8-17-34(32)39;1-2/h2*2-25H,1H3;1-2H3. The van der Waals surface area contributed by atoms with Gasteiger partial charge in [0.25, 0.3) is 0 Å². The smallest absolute Gasteiger partial charge is 0.0541 e. The van der Waals surface area contributed by atoms with Crippen LogP contribution in [0.5, 0.6) is 0 Å². The van der Waals surface area contributed by atoms with Crippen LogP contribution in [0.4, 0.5) is 0 Å². The molecule has 0 aliphatic heterocycles. The maximum absolute atomic E-state index is 2.39. The van der Waals surface area contributed by atoms with Gasteiger partial charge in [0.2, 0.25) is 0 Å². The maximum atomic E-state index is 2.39. The van der Waals surface area contributed by atoms with E-state index in [1.165, 1.54) is 154 Å². The molecule has 390 valence electrons. The topological polar surface area (TPSA) is 9.86 Å². The molecule has 0 amide bonds. The molecule has 16 rings (SSSR count). The summed E-state index contributed by atoms with van der Waals surface area (Å²) in [5.74, 6) is 0. The first kappa shape index (κ1) is 50.0. The molecule has 0 saturated carbocycles. The fourth-order valence-electron chi connectivity index (χ4n) is 13.0. The average Bonchev–Trinajstić information content (AvgIpc) is 4.16. The quantitative estimate of drug-likeness (QED) is 0.147. The van der Waals surface area contributed by atoms with Gasteiger partial charge in [-0.05, 0) is 162 Å². The molecule has 0 N–H and O–H groups in total. The molecule has 0 aliphatic carbocycles. The Morgan fingerprint density at radius 2 is 0.427 bits per heavy atom. The minimum atomic E-state index is 1.17. The summed E-state index contributed by atoms with van der Waals surface area (Å²) in [5.41, 5.74) is 20.0. The summed E-state index contributed by atoms with van der Waals surface area (Å²) < 4.78 is 4.78. The van der Waals surface area contributed by atoms with E-state index in [1.807, 2.05) is 13.8 Å². The van der Waals surface area contributed by atoms with Crippen molar-refractivity contribution in [2.75, 3.05) is 0 Å².